The van der Waals surface area contributed by atoms with Crippen molar-refractivity contribution in [2.75, 3.05) is 25.5 Å². The summed E-state index contributed by atoms with van der Waals surface area (Å²) in [4.78, 5) is 23.3. The van der Waals surface area contributed by atoms with Crippen molar-refractivity contribution in [2.24, 2.45) is 5.92 Å². The van der Waals surface area contributed by atoms with Crippen molar-refractivity contribution in [3.63, 3.8) is 0 Å². The van der Waals surface area contributed by atoms with Crippen LogP contribution in [-0.4, -0.2) is 46.1 Å². The maximum atomic E-state index is 12.6. The molecule has 134 valence electrons. The Hall–Kier alpha value is -2.44. The molecule has 1 atom stereocenters. The molecule has 0 bridgehead atoms. The van der Waals surface area contributed by atoms with Gasteiger partial charge in [-0.05, 0) is 31.6 Å². The first kappa shape index (κ1) is 17.4. The van der Waals surface area contributed by atoms with Gasteiger partial charge in [0, 0.05) is 32.6 Å². The minimum absolute atomic E-state index is 0.0257. The number of nitrogens with one attached hydrogen (secondary N) is 1. The Bertz CT molecular complexity index is 698. The monoisotopic (exact) mass is 343 g/mol. The van der Waals surface area contributed by atoms with Crippen LogP contribution in [0.3, 0.4) is 0 Å². The summed E-state index contributed by atoms with van der Waals surface area (Å²) in [5, 5.41) is 6.88. The highest BCUT2D eigenvalue weighted by Gasteiger charge is 2.24. The molecule has 2 aromatic heterocycles. The third-order valence-corrected chi connectivity index (χ3v) is 4.72. The number of likely N-dealkylation sites (tertiary alicyclic amines) is 1. The zero-order valence-corrected chi connectivity index (χ0v) is 14.9. The van der Waals surface area contributed by atoms with E-state index in [9.17, 15) is 4.79 Å². The Kier molecular flexibility index (Phi) is 5.63. The normalized spacial score (nSPS) is 18.0. The van der Waals surface area contributed by atoms with Crippen molar-refractivity contribution < 1.29 is 9.32 Å². The molecule has 2 aromatic rings. The van der Waals surface area contributed by atoms with Crippen LogP contribution in [0.15, 0.2) is 23.0 Å². The van der Waals surface area contributed by atoms with Gasteiger partial charge in [-0.25, -0.2) is 4.98 Å². The van der Waals surface area contributed by atoms with Crippen molar-refractivity contribution in [3.8, 4) is 0 Å². The summed E-state index contributed by atoms with van der Waals surface area (Å²) in [7, 11) is 1.83. The van der Waals surface area contributed by atoms with Crippen LogP contribution >= 0.6 is 0 Å². The van der Waals surface area contributed by atoms with E-state index in [1.54, 1.807) is 12.3 Å². The lowest BCUT2D eigenvalue weighted by Crippen LogP contribution is -2.32. The molecule has 1 amide bonds. The predicted molar refractivity (Wildman–Crippen MR) is 94.4 cm³/mol. The maximum absolute atomic E-state index is 12.6. The van der Waals surface area contributed by atoms with Gasteiger partial charge in [-0.15, -0.1) is 0 Å². The average Bonchev–Trinajstić information content (AvgIpc) is 3.02. The van der Waals surface area contributed by atoms with Crippen molar-refractivity contribution in [1.82, 2.24) is 20.0 Å². The van der Waals surface area contributed by atoms with Gasteiger partial charge in [0.1, 0.15) is 11.6 Å². The van der Waals surface area contributed by atoms with Crippen LogP contribution in [0.1, 0.15) is 48.1 Å². The van der Waals surface area contributed by atoms with Gasteiger partial charge >= 0.3 is 0 Å². The van der Waals surface area contributed by atoms with E-state index in [-0.39, 0.29) is 5.91 Å². The molecule has 3 rings (SSSR count). The fourth-order valence-corrected chi connectivity index (χ4v) is 3.20. The lowest BCUT2D eigenvalue weighted by Gasteiger charge is -2.19. The average molecular weight is 343 g/mol. The minimum Gasteiger partial charge on any atom is -0.372 e. The Morgan fingerprint density at radius 2 is 2.20 bits per heavy atom. The van der Waals surface area contributed by atoms with Crippen molar-refractivity contribution in [2.45, 2.75) is 39.0 Å². The first-order valence-electron chi connectivity index (χ1n) is 8.93. The molecule has 0 aliphatic carbocycles. The van der Waals surface area contributed by atoms with Crippen LogP contribution in [0.2, 0.25) is 0 Å². The highest BCUT2D eigenvalue weighted by molar-refractivity contribution is 5.92. The number of hydrogen-bond acceptors (Lipinski definition) is 6. The molecule has 1 N–H and O–H groups in total. The summed E-state index contributed by atoms with van der Waals surface area (Å²) in [6.07, 6.45) is 8.31. The summed E-state index contributed by atoms with van der Waals surface area (Å²) < 4.78 is 5.16. The Morgan fingerprint density at radius 3 is 2.88 bits per heavy atom. The SMILES string of the molecule is CCc1cc(C(=O)N2CCCC(Cc3cnc(NC)cn3)CC2)no1. The zero-order chi connectivity index (χ0) is 17.6. The molecule has 7 nitrogen and oxygen atoms in total. The van der Waals surface area contributed by atoms with E-state index in [0.29, 0.717) is 11.6 Å². The van der Waals surface area contributed by atoms with Crippen LogP contribution < -0.4 is 5.32 Å². The number of aryl methyl sites for hydroxylation is 1. The molecule has 7 heteroatoms. The highest BCUT2D eigenvalue weighted by Crippen LogP contribution is 2.22. The molecule has 0 aromatic carbocycles. The molecule has 1 fully saturated rings. The molecule has 3 heterocycles. The Morgan fingerprint density at radius 1 is 1.32 bits per heavy atom. The minimum atomic E-state index is -0.0257. The van der Waals surface area contributed by atoms with Gasteiger partial charge in [0.15, 0.2) is 5.69 Å². The van der Waals surface area contributed by atoms with Crippen LogP contribution in [0.25, 0.3) is 0 Å². The number of rotatable bonds is 5. The highest BCUT2D eigenvalue weighted by atomic mass is 16.5. The second-order valence-electron chi connectivity index (χ2n) is 6.47. The fraction of sp³-hybridized carbons (Fsp3) is 0.556. The number of nitrogens with zero attached hydrogens (tertiary/aromatic N) is 4. The summed E-state index contributed by atoms with van der Waals surface area (Å²) in [5.41, 5.74) is 1.43. The number of carbonyl (C=O) groups excluding carboxylic acids is 1. The summed E-state index contributed by atoms with van der Waals surface area (Å²) in [5.74, 6) is 2.03. The lowest BCUT2D eigenvalue weighted by molar-refractivity contribution is 0.0749. The van der Waals surface area contributed by atoms with Gasteiger partial charge in [0.05, 0.1) is 18.1 Å². The maximum Gasteiger partial charge on any atom is 0.276 e. The molecule has 0 radical (unpaired) electrons. The van der Waals surface area contributed by atoms with E-state index >= 15 is 0 Å². The van der Waals surface area contributed by atoms with Gasteiger partial charge in [0.25, 0.3) is 5.91 Å². The molecule has 0 saturated carbocycles. The van der Waals surface area contributed by atoms with Gasteiger partial charge in [-0.3, -0.25) is 9.78 Å². The number of carbonyl (C=O) groups is 1. The van der Waals surface area contributed by atoms with Crippen molar-refractivity contribution in [3.05, 3.63) is 35.6 Å². The smallest absolute Gasteiger partial charge is 0.276 e. The Balaban J connectivity index is 1.56. The second kappa shape index (κ2) is 8.09. The first-order chi connectivity index (χ1) is 12.2. The first-order valence-corrected chi connectivity index (χ1v) is 8.93. The third-order valence-electron chi connectivity index (χ3n) is 4.72. The van der Waals surface area contributed by atoms with E-state index in [4.69, 9.17) is 4.52 Å². The van der Waals surface area contributed by atoms with Crippen LogP contribution in [0, 0.1) is 5.92 Å². The standard InChI is InChI=1S/C18H25N5O2/c1-3-15-10-16(22-25-15)18(24)23-7-4-5-13(6-8-23)9-14-11-21-17(19-2)12-20-14/h10-13H,3-9H2,1-2H3,(H,19,21). The fourth-order valence-electron chi connectivity index (χ4n) is 3.20. The summed E-state index contributed by atoms with van der Waals surface area (Å²) >= 11 is 0. The number of aromatic nitrogens is 3. The van der Waals surface area contributed by atoms with Crippen molar-refractivity contribution in [1.29, 1.82) is 0 Å². The van der Waals surface area contributed by atoms with E-state index < -0.39 is 0 Å². The Labute approximate surface area is 147 Å². The molecule has 1 saturated heterocycles. The van der Waals surface area contributed by atoms with Crippen LogP contribution in [-0.2, 0) is 12.8 Å². The lowest BCUT2D eigenvalue weighted by atomic mass is 9.95. The zero-order valence-electron chi connectivity index (χ0n) is 14.9. The van der Waals surface area contributed by atoms with Crippen LogP contribution in [0.4, 0.5) is 5.82 Å². The molecule has 25 heavy (non-hydrogen) atoms. The van der Waals surface area contributed by atoms with E-state index in [2.05, 4.69) is 20.4 Å². The molecule has 0 spiro atoms. The molecular formula is C18H25N5O2. The second-order valence-corrected chi connectivity index (χ2v) is 6.47. The molecule has 1 aliphatic heterocycles. The third kappa shape index (κ3) is 4.35. The number of anilines is 1. The van der Waals surface area contributed by atoms with Gasteiger partial charge in [-0.2, -0.15) is 0 Å². The van der Waals surface area contributed by atoms with Gasteiger partial charge in [0.2, 0.25) is 0 Å². The topological polar surface area (TPSA) is 84.2 Å². The molecule has 1 unspecified atom stereocenters. The molecular weight excluding hydrogens is 318 g/mol. The van der Waals surface area contributed by atoms with Gasteiger partial charge < -0.3 is 14.7 Å². The largest absolute Gasteiger partial charge is 0.372 e. The molecule has 1 aliphatic rings. The van der Waals surface area contributed by atoms with E-state index in [1.807, 2.05) is 25.1 Å². The number of hydrogen-bond donors (Lipinski definition) is 1. The van der Waals surface area contributed by atoms with E-state index in [0.717, 1.165) is 62.5 Å². The number of amides is 1. The predicted octanol–water partition coefficient (Wildman–Crippen LogP) is 2.55. The van der Waals surface area contributed by atoms with Gasteiger partial charge in [-0.1, -0.05) is 12.1 Å². The van der Waals surface area contributed by atoms with Crippen LogP contribution in [0.5, 0.6) is 0 Å². The summed E-state index contributed by atoms with van der Waals surface area (Å²) in [6, 6.07) is 1.75. The van der Waals surface area contributed by atoms with Crippen molar-refractivity contribution >= 4 is 11.7 Å². The summed E-state index contributed by atoms with van der Waals surface area (Å²) in [6.45, 7) is 3.51. The van der Waals surface area contributed by atoms with E-state index in [1.165, 1.54) is 0 Å². The quantitative estimate of drug-likeness (QED) is 0.898.